The van der Waals surface area contributed by atoms with Crippen LogP contribution in [-0.4, -0.2) is 28.4 Å². The highest BCUT2D eigenvalue weighted by molar-refractivity contribution is 8.07. The van der Waals surface area contributed by atoms with Gasteiger partial charge in [-0.15, -0.1) is 11.8 Å². The van der Waals surface area contributed by atoms with Gasteiger partial charge in [0.2, 0.25) is 5.91 Å². The van der Waals surface area contributed by atoms with Crippen molar-refractivity contribution in [2.45, 2.75) is 5.25 Å². The minimum Gasteiger partial charge on any atom is -0.325 e. The van der Waals surface area contributed by atoms with Crippen molar-refractivity contribution in [1.29, 1.82) is 0 Å². The summed E-state index contributed by atoms with van der Waals surface area (Å²) >= 11 is 3.57. The van der Waals surface area contributed by atoms with Crippen molar-refractivity contribution in [2.75, 3.05) is 22.6 Å². The molecule has 1 N–H and O–H groups in total. The van der Waals surface area contributed by atoms with E-state index < -0.39 is 0 Å². The van der Waals surface area contributed by atoms with Crippen molar-refractivity contribution in [3.63, 3.8) is 0 Å². The second-order valence-corrected chi connectivity index (χ2v) is 7.47. The molecule has 2 aromatic carbocycles. The zero-order valence-electron chi connectivity index (χ0n) is 12.5. The molecule has 0 aliphatic carbocycles. The van der Waals surface area contributed by atoms with Gasteiger partial charge in [-0.3, -0.25) is 4.79 Å². The van der Waals surface area contributed by atoms with Crippen LogP contribution in [0.4, 0.5) is 17.1 Å². The van der Waals surface area contributed by atoms with E-state index in [1.807, 2.05) is 66.4 Å². The molecule has 0 bridgehead atoms. The molecule has 1 fully saturated rings. The van der Waals surface area contributed by atoms with Gasteiger partial charge >= 0.3 is 0 Å². The summed E-state index contributed by atoms with van der Waals surface area (Å²) in [6.07, 6.45) is 0. The van der Waals surface area contributed by atoms with Gasteiger partial charge in [-0.2, -0.15) is 22.0 Å². The van der Waals surface area contributed by atoms with Gasteiger partial charge in [0, 0.05) is 22.9 Å². The molecular weight excluding hydrogens is 326 g/mol. The summed E-state index contributed by atoms with van der Waals surface area (Å²) in [6, 6.07) is 17.0. The zero-order valence-corrected chi connectivity index (χ0v) is 14.1. The highest BCUT2D eigenvalue weighted by atomic mass is 32.2. The number of rotatable bonds is 4. The first-order valence-electron chi connectivity index (χ1n) is 7.38. The fourth-order valence-electron chi connectivity index (χ4n) is 2.08. The summed E-state index contributed by atoms with van der Waals surface area (Å²) in [6.45, 7) is 0. The molecule has 0 spiro atoms. The molecule has 2 aromatic rings. The summed E-state index contributed by atoms with van der Waals surface area (Å²) in [5.74, 6) is 3.15. The van der Waals surface area contributed by atoms with Gasteiger partial charge in [0.05, 0.1) is 16.6 Å². The number of nitrogens with one attached hydrogen (secondary N) is 1. The van der Waals surface area contributed by atoms with E-state index in [9.17, 15) is 4.79 Å². The fourth-order valence-corrected chi connectivity index (χ4v) is 4.64. The minimum absolute atomic E-state index is 0.0474. The largest absolute Gasteiger partial charge is 0.325 e. The highest BCUT2D eigenvalue weighted by Gasteiger charge is 2.21. The number of carbonyl (C=O) groups excluding carboxylic acids is 1. The molecular formula is C17H17N3OS2. The van der Waals surface area contributed by atoms with Crippen molar-refractivity contribution in [3.05, 3.63) is 54.6 Å². The molecule has 23 heavy (non-hydrogen) atoms. The summed E-state index contributed by atoms with van der Waals surface area (Å²) in [5, 5.41) is 11.4. The first kappa shape index (κ1) is 16.1. The van der Waals surface area contributed by atoms with Crippen LogP contribution in [-0.2, 0) is 4.79 Å². The molecule has 1 atom stereocenters. The van der Waals surface area contributed by atoms with Gasteiger partial charge in [-0.25, -0.2) is 0 Å². The molecule has 6 heteroatoms. The third-order valence-electron chi connectivity index (χ3n) is 3.28. The molecule has 118 valence electrons. The van der Waals surface area contributed by atoms with Crippen molar-refractivity contribution >= 4 is 46.5 Å². The van der Waals surface area contributed by atoms with Crippen LogP contribution in [0.3, 0.4) is 0 Å². The summed E-state index contributed by atoms with van der Waals surface area (Å²) in [4.78, 5) is 12.2. The van der Waals surface area contributed by atoms with Crippen LogP contribution in [0.1, 0.15) is 0 Å². The van der Waals surface area contributed by atoms with Gasteiger partial charge in [0.25, 0.3) is 0 Å². The maximum absolute atomic E-state index is 12.2. The fraction of sp³-hybridized carbons (Fsp3) is 0.235. The van der Waals surface area contributed by atoms with Gasteiger partial charge in [-0.05, 0) is 36.4 Å². The lowest BCUT2D eigenvalue weighted by molar-refractivity contribution is -0.115. The van der Waals surface area contributed by atoms with Crippen molar-refractivity contribution < 1.29 is 4.79 Å². The Morgan fingerprint density at radius 2 is 1.65 bits per heavy atom. The third kappa shape index (κ3) is 4.84. The number of hydrogen-bond acceptors (Lipinski definition) is 5. The molecule has 0 aromatic heterocycles. The molecule has 0 radical (unpaired) electrons. The number of anilines is 1. The summed E-state index contributed by atoms with van der Waals surface area (Å²) < 4.78 is 0. The molecule has 0 saturated carbocycles. The number of amides is 1. The van der Waals surface area contributed by atoms with Crippen molar-refractivity contribution in [1.82, 2.24) is 0 Å². The molecule has 1 aliphatic rings. The van der Waals surface area contributed by atoms with Gasteiger partial charge in [-0.1, -0.05) is 18.2 Å². The number of azo groups is 1. The smallest absolute Gasteiger partial charge is 0.238 e. The van der Waals surface area contributed by atoms with Crippen LogP contribution in [0, 0.1) is 0 Å². The predicted octanol–water partition coefficient (Wildman–Crippen LogP) is 4.89. The maximum atomic E-state index is 12.2. The molecule has 1 saturated heterocycles. The Labute approximate surface area is 144 Å². The Balaban J connectivity index is 1.58. The molecule has 1 aliphatic heterocycles. The lowest BCUT2D eigenvalue weighted by atomic mass is 10.3. The second-order valence-electron chi connectivity index (χ2n) is 5.01. The number of nitrogens with zero attached hydrogens (tertiary/aromatic N) is 2. The predicted molar refractivity (Wildman–Crippen MR) is 99.3 cm³/mol. The number of thioether (sulfide) groups is 2. The molecule has 1 unspecified atom stereocenters. The SMILES string of the molecule is O=C(Nc1ccc(N=Nc2ccccc2)cc1)C1CSCCS1. The lowest BCUT2D eigenvalue weighted by Crippen LogP contribution is -2.30. The van der Waals surface area contributed by atoms with Gasteiger partial charge < -0.3 is 5.32 Å². The summed E-state index contributed by atoms with van der Waals surface area (Å²) in [5.41, 5.74) is 2.37. The van der Waals surface area contributed by atoms with Crippen LogP contribution in [0.5, 0.6) is 0 Å². The molecule has 1 amide bonds. The van der Waals surface area contributed by atoms with Crippen LogP contribution < -0.4 is 5.32 Å². The topological polar surface area (TPSA) is 53.8 Å². The second kappa shape index (κ2) is 8.17. The van der Waals surface area contributed by atoms with Crippen LogP contribution in [0.15, 0.2) is 64.8 Å². The molecule has 3 rings (SSSR count). The minimum atomic E-state index is 0.0474. The van der Waals surface area contributed by atoms with E-state index in [0.29, 0.717) is 0 Å². The summed E-state index contributed by atoms with van der Waals surface area (Å²) in [7, 11) is 0. The lowest BCUT2D eigenvalue weighted by Gasteiger charge is -2.20. The van der Waals surface area contributed by atoms with E-state index in [-0.39, 0.29) is 11.2 Å². The van der Waals surface area contributed by atoms with Crippen LogP contribution in [0.25, 0.3) is 0 Å². The van der Waals surface area contributed by atoms with Crippen LogP contribution in [0.2, 0.25) is 0 Å². The van der Waals surface area contributed by atoms with Crippen molar-refractivity contribution in [3.8, 4) is 0 Å². The van der Waals surface area contributed by atoms with E-state index in [0.717, 1.165) is 34.3 Å². The zero-order chi connectivity index (χ0) is 15.9. The standard InChI is InChI=1S/C17H17N3OS2/c21-17(16-12-22-10-11-23-16)18-13-6-8-15(9-7-13)20-19-14-4-2-1-3-5-14/h1-9,16H,10-12H2,(H,18,21). The monoisotopic (exact) mass is 343 g/mol. The van der Waals surface area contributed by atoms with Crippen LogP contribution >= 0.6 is 23.5 Å². The highest BCUT2D eigenvalue weighted by Crippen LogP contribution is 2.26. The Morgan fingerprint density at radius 3 is 2.30 bits per heavy atom. The number of hydrogen-bond donors (Lipinski definition) is 1. The van der Waals surface area contributed by atoms with E-state index in [1.165, 1.54) is 0 Å². The van der Waals surface area contributed by atoms with E-state index in [2.05, 4.69) is 15.5 Å². The Bertz CT molecular complexity index is 668. The average Bonchev–Trinajstić information content (AvgIpc) is 2.63. The van der Waals surface area contributed by atoms with Gasteiger partial charge in [0.1, 0.15) is 0 Å². The molecule has 1 heterocycles. The van der Waals surface area contributed by atoms with E-state index in [4.69, 9.17) is 0 Å². The van der Waals surface area contributed by atoms with E-state index in [1.54, 1.807) is 11.8 Å². The Hall–Kier alpha value is -1.79. The quantitative estimate of drug-likeness (QED) is 0.804. The Morgan fingerprint density at radius 1 is 0.957 bits per heavy atom. The third-order valence-corrected chi connectivity index (χ3v) is 6.03. The molecule has 4 nitrogen and oxygen atoms in total. The first-order chi connectivity index (χ1) is 11.3. The first-order valence-corrected chi connectivity index (χ1v) is 9.59. The maximum Gasteiger partial charge on any atom is 0.238 e. The number of benzene rings is 2. The average molecular weight is 343 g/mol. The van der Waals surface area contributed by atoms with E-state index >= 15 is 0 Å². The van der Waals surface area contributed by atoms with Gasteiger partial charge in [0.15, 0.2) is 0 Å². The number of carbonyl (C=O) groups is 1. The normalized spacial score (nSPS) is 18.0. The van der Waals surface area contributed by atoms with Crippen molar-refractivity contribution in [2.24, 2.45) is 10.2 Å². The Kier molecular flexibility index (Phi) is 5.71.